The normalized spacial score (nSPS) is 9.83. The summed E-state index contributed by atoms with van der Waals surface area (Å²) in [5.74, 6) is 0. The van der Waals surface area contributed by atoms with Crippen molar-refractivity contribution in [1.29, 1.82) is 0 Å². The molecule has 0 aliphatic heterocycles. The largest absolute Gasteiger partial charge is 3.00 e. The van der Waals surface area contributed by atoms with E-state index in [-0.39, 0.29) is 43.2 Å². The molecule has 8 nitrogen and oxygen atoms in total. The summed E-state index contributed by atoms with van der Waals surface area (Å²) in [6, 6.07) is 0. The molecule has 0 rings (SSSR count). The predicted octanol–water partition coefficient (Wildman–Crippen LogP) is -6.41. The molecule has 12 heteroatoms. The average molecular weight is 332 g/mol. The van der Waals surface area contributed by atoms with Crippen molar-refractivity contribution in [1.82, 2.24) is 0 Å². The minimum absolute atomic E-state index is 0. The summed E-state index contributed by atoms with van der Waals surface area (Å²) >= 11 is 0. The Hall–Kier alpha value is 1.62. The summed E-state index contributed by atoms with van der Waals surface area (Å²) in [5, 5.41) is 0. The first-order valence-corrected chi connectivity index (χ1v) is 4.38. The number of hydrogen-bond donors (Lipinski definition) is 0. The number of rotatable bonds is 0. The Bertz CT molecular complexity index is 129. The van der Waals surface area contributed by atoms with Crippen LogP contribution >= 0.6 is 15.6 Å². The summed E-state index contributed by atoms with van der Waals surface area (Å²) in [7, 11) is -10.8. The van der Waals surface area contributed by atoms with Crippen LogP contribution in [0.15, 0.2) is 0 Å². The van der Waals surface area contributed by atoms with Gasteiger partial charge in [0.25, 0.3) is 0 Å². The van der Waals surface area contributed by atoms with Gasteiger partial charge in [0.1, 0.15) is 0 Å². The summed E-state index contributed by atoms with van der Waals surface area (Å²) < 4.78 is 17.1. The van der Waals surface area contributed by atoms with E-state index < -0.39 is 15.6 Å². The van der Waals surface area contributed by atoms with E-state index in [9.17, 15) is 0 Å². The maximum Gasteiger partial charge on any atom is 3.00 e. The van der Waals surface area contributed by atoms with Crippen molar-refractivity contribution in [3.8, 4) is 0 Å². The molecule has 0 aliphatic rings. The van der Waals surface area contributed by atoms with Gasteiger partial charge >= 0.3 is 43.2 Å². The van der Waals surface area contributed by atoms with E-state index in [1.54, 1.807) is 0 Å². The third kappa shape index (κ3) is 498. The Kier molecular flexibility index (Phi) is 17.9. The predicted molar refractivity (Wildman–Crippen MR) is 26.7 cm³/mol. The van der Waals surface area contributed by atoms with Gasteiger partial charge in [-0.3, -0.25) is 0 Å². The molecule has 0 atom stereocenters. The van der Waals surface area contributed by atoms with Crippen LogP contribution in [0.1, 0.15) is 0 Å². The molecule has 0 fully saturated rings. The van der Waals surface area contributed by atoms with Crippen molar-refractivity contribution in [2.75, 3.05) is 0 Å². The van der Waals surface area contributed by atoms with E-state index in [0.29, 0.717) is 0 Å². The van der Waals surface area contributed by atoms with E-state index in [1.165, 1.54) is 0 Å². The standard InChI is InChI=1S/Al.In.2H3O4P/c;;2*1-5(2,3)4/h;;2*(H3,1,2,3,4)/q2*+3;;/p-6. The van der Waals surface area contributed by atoms with E-state index in [1.807, 2.05) is 0 Å². The molecule has 64 valence electrons. The van der Waals surface area contributed by atoms with Crippen molar-refractivity contribution < 1.29 is 38.5 Å². The molecule has 0 bridgehead atoms. The van der Waals surface area contributed by atoms with Gasteiger partial charge in [-0.2, -0.15) is 15.6 Å². The van der Waals surface area contributed by atoms with E-state index in [0.717, 1.165) is 0 Å². The van der Waals surface area contributed by atoms with Crippen LogP contribution in [0.4, 0.5) is 0 Å². The van der Waals surface area contributed by atoms with Gasteiger partial charge in [0.05, 0.1) is 0 Å². The van der Waals surface area contributed by atoms with E-state index in [4.69, 9.17) is 38.5 Å². The number of hydrogen-bond acceptors (Lipinski definition) is 8. The molecule has 0 heterocycles. The van der Waals surface area contributed by atoms with Gasteiger partial charge in [0.15, 0.2) is 0 Å². The third-order valence-corrected chi connectivity index (χ3v) is 0. The molecule has 0 amide bonds. The first-order valence-electron chi connectivity index (χ1n) is 1.46. The molecule has 12 heavy (non-hydrogen) atoms. The zero-order chi connectivity index (χ0) is 9.00. The summed E-state index contributed by atoms with van der Waals surface area (Å²) in [4.78, 5) is 51.3. The summed E-state index contributed by atoms with van der Waals surface area (Å²) in [6.45, 7) is 0. The fourth-order valence-electron chi connectivity index (χ4n) is 0. The van der Waals surface area contributed by atoms with Gasteiger partial charge in [0, 0.05) is 0 Å². The zero-order valence-corrected chi connectivity index (χ0v) is 11.6. The summed E-state index contributed by atoms with van der Waals surface area (Å²) in [6.07, 6.45) is 0. The van der Waals surface area contributed by atoms with Crippen LogP contribution < -0.4 is 29.4 Å². The van der Waals surface area contributed by atoms with E-state index in [2.05, 4.69) is 0 Å². The van der Waals surface area contributed by atoms with Crippen LogP contribution in [0.2, 0.25) is 0 Å². The molecule has 0 radical (unpaired) electrons. The minimum Gasteiger partial charge on any atom is -0.822 e. The monoisotopic (exact) mass is 332 g/mol. The van der Waals surface area contributed by atoms with Gasteiger partial charge in [-0.05, 0) is 0 Å². The van der Waals surface area contributed by atoms with Crippen molar-refractivity contribution in [3.05, 3.63) is 0 Å². The van der Waals surface area contributed by atoms with Gasteiger partial charge in [-0.15, -0.1) is 0 Å². The quantitative estimate of drug-likeness (QED) is 0.311. The van der Waals surface area contributed by atoms with Crippen molar-refractivity contribution >= 4 is 58.8 Å². The first kappa shape index (κ1) is 23.4. The Balaban J connectivity index is -0.0000000457. The fraction of sp³-hybridized carbons (Fsp3) is 0. The zero-order valence-electron chi connectivity index (χ0n) is 5.32. The van der Waals surface area contributed by atoms with Crippen molar-refractivity contribution in [2.45, 2.75) is 0 Å². The van der Waals surface area contributed by atoms with Crippen molar-refractivity contribution in [2.24, 2.45) is 0 Å². The minimum atomic E-state index is -5.39. The molecular weight excluding hydrogens is 332 g/mol. The van der Waals surface area contributed by atoms with E-state index >= 15 is 0 Å². The molecular formula is AlInO8P2. The second-order valence-electron chi connectivity index (χ2n) is 0.894. The van der Waals surface area contributed by atoms with Crippen LogP contribution in [0.25, 0.3) is 0 Å². The Morgan fingerprint density at radius 2 is 0.667 bits per heavy atom. The molecule has 0 spiro atoms. The fourth-order valence-corrected chi connectivity index (χ4v) is 0. The smallest absolute Gasteiger partial charge is 0.822 e. The van der Waals surface area contributed by atoms with Gasteiger partial charge in [-0.25, -0.2) is 0 Å². The average Bonchev–Trinajstić information content (AvgIpc) is 1.12. The second-order valence-corrected chi connectivity index (χ2v) is 2.68. The van der Waals surface area contributed by atoms with Crippen LogP contribution in [0.3, 0.4) is 0 Å². The third-order valence-electron chi connectivity index (χ3n) is 0. The SMILES string of the molecule is O=P([O-])([O-])[O-].O=P([O-])([O-])[O-].[Al+3].[In+3]. The molecule has 0 aliphatic carbocycles. The maximum atomic E-state index is 8.55. The number of phosphoric acid groups is 2. The van der Waals surface area contributed by atoms with Gasteiger partial charge < -0.3 is 38.5 Å². The van der Waals surface area contributed by atoms with Gasteiger partial charge in [-0.1, -0.05) is 0 Å². The second kappa shape index (κ2) is 9.19. The maximum absolute atomic E-state index is 8.55. The van der Waals surface area contributed by atoms with Crippen LogP contribution in [0.5, 0.6) is 0 Å². The van der Waals surface area contributed by atoms with Crippen molar-refractivity contribution in [3.63, 3.8) is 0 Å². The Labute approximate surface area is 97.0 Å². The molecule has 0 unspecified atom stereocenters. The summed E-state index contributed by atoms with van der Waals surface area (Å²) in [5.41, 5.74) is 0. The van der Waals surface area contributed by atoms with Crippen LogP contribution in [-0.2, 0) is 9.13 Å². The molecule has 0 saturated carbocycles. The molecule has 0 N–H and O–H groups in total. The molecule has 0 aromatic rings. The van der Waals surface area contributed by atoms with Crippen LogP contribution in [-0.4, -0.2) is 43.2 Å². The van der Waals surface area contributed by atoms with Gasteiger partial charge in [0.2, 0.25) is 0 Å². The molecule has 0 aromatic carbocycles. The topological polar surface area (TPSA) is 172 Å². The molecule has 0 saturated heterocycles. The first-order chi connectivity index (χ1) is 4.00. The Morgan fingerprint density at radius 3 is 0.667 bits per heavy atom. The van der Waals surface area contributed by atoms with Crippen LogP contribution in [0, 0.1) is 0 Å². The Morgan fingerprint density at radius 1 is 0.667 bits per heavy atom. The molecule has 0 aromatic heterocycles.